The molecule has 2 aliphatic heterocycles. The summed E-state index contributed by atoms with van der Waals surface area (Å²) in [7, 11) is 0. The number of thioether (sulfide) groups is 1. The molecule has 2 aliphatic rings. The van der Waals surface area contributed by atoms with E-state index >= 15 is 0 Å². The predicted octanol–water partition coefficient (Wildman–Crippen LogP) is 4.28. The molecule has 0 aromatic carbocycles. The highest BCUT2D eigenvalue weighted by molar-refractivity contribution is 8.00. The normalized spacial score (nSPS) is 23.6. The van der Waals surface area contributed by atoms with E-state index in [0.29, 0.717) is 18.4 Å². The van der Waals surface area contributed by atoms with Crippen LogP contribution in [0.15, 0.2) is 28.0 Å². The van der Waals surface area contributed by atoms with E-state index in [2.05, 4.69) is 33.5 Å². The van der Waals surface area contributed by atoms with E-state index in [1.54, 1.807) is 6.26 Å². The van der Waals surface area contributed by atoms with Gasteiger partial charge in [0.1, 0.15) is 5.76 Å². The first-order valence-electron chi connectivity index (χ1n) is 11.7. The van der Waals surface area contributed by atoms with Crippen LogP contribution in [0, 0.1) is 11.8 Å². The van der Waals surface area contributed by atoms with Gasteiger partial charge in [0, 0.05) is 26.2 Å². The van der Waals surface area contributed by atoms with Crippen molar-refractivity contribution in [3.05, 3.63) is 24.2 Å². The Balaban J connectivity index is 1.55. The highest BCUT2D eigenvalue weighted by atomic mass is 32.2. The minimum atomic E-state index is -0.190. The van der Waals surface area contributed by atoms with E-state index in [9.17, 15) is 4.79 Å². The Kier molecular flexibility index (Phi) is 7.25. The van der Waals surface area contributed by atoms with E-state index in [0.717, 1.165) is 55.9 Å². The Morgan fingerprint density at radius 1 is 1.16 bits per heavy atom. The minimum Gasteiger partial charge on any atom is -0.467 e. The van der Waals surface area contributed by atoms with Crippen molar-refractivity contribution in [2.45, 2.75) is 69.8 Å². The van der Waals surface area contributed by atoms with Crippen molar-refractivity contribution in [3.63, 3.8) is 0 Å². The average Bonchev–Trinajstić information content (AvgIpc) is 3.30. The zero-order chi connectivity index (χ0) is 21.8. The van der Waals surface area contributed by atoms with E-state index in [1.165, 1.54) is 31.0 Å². The summed E-state index contributed by atoms with van der Waals surface area (Å²) in [4.78, 5) is 17.5. The fourth-order valence-electron chi connectivity index (χ4n) is 4.88. The van der Waals surface area contributed by atoms with E-state index in [1.807, 2.05) is 24.0 Å². The predicted molar refractivity (Wildman–Crippen MR) is 123 cm³/mol. The van der Waals surface area contributed by atoms with Gasteiger partial charge in [-0.15, -0.1) is 10.2 Å². The zero-order valence-corrected chi connectivity index (χ0v) is 19.8. The Hall–Kier alpha value is -1.96. The first-order valence-corrected chi connectivity index (χ1v) is 12.5. The van der Waals surface area contributed by atoms with Crippen LogP contribution in [0.2, 0.25) is 0 Å². The molecular weight excluding hydrogens is 410 g/mol. The minimum absolute atomic E-state index is 0.190. The quantitative estimate of drug-likeness (QED) is 0.618. The molecule has 170 valence electrons. The van der Waals surface area contributed by atoms with Gasteiger partial charge in [-0.3, -0.25) is 9.36 Å². The SMILES string of the molecule is CC1CC(C)CN(c2nnc(SC(C)C(=O)N3CCCCCC3)n2Cc2ccco2)C1. The largest absolute Gasteiger partial charge is 0.467 e. The Morgan fingerprint density at radius 2 is 1.87 bits per heavy atom. The van der Waals surface area contributed by atoms with Crippen LogP contribution in [-0.2, 0) is 11.3 Å². The molecule has 4 heterocycles. The topological polar surface area (TPSA) is 67.4 Å². The lowest BCUT2D eigenvalue weighted by atomic mass is 9.92. The summed E-state index contributed by atoms with van der Waals surface area (Å²) in [6, 6.07) is 3.88. The lowest BCUT2D eigenvalue weighted by molar-refractivity contribution is -0.130. The molecule has 2 aromatic rings. The molecule has 31 heavy (non-hydrogen) atoms. The maximum absolute atomic E-state index is 13.1. The third-order valence-corrected chi connectivity index (χ3v) is 7.36. The van der Waals surface area contributed by atoms with Crippen molar-refractivity contribution in [1.82, 2.24) is 19.7 Å². The second kappa shape index (κ2) is 10.1. The summed E-state index contributed by atoms with van der Waals surface area (Å²) in [5.74, 6) is 3.20. The van der Waals surface area contributed by atoms with Crippen LogP contribution in [0.3, 0.4) is 0 Å². The van der Waals surface area contributed by atoms with Crippen LogP contribution >= 0.6 is 11.8 Å². The molecule has 0 radical (unpaired) electrons. The number of likely N-dealkylation sites (tertiary alicyclic amines) is 1. The standard InChI is InChI=1S/C23H35N5O2S/c1-17-13-18(2)15-27(14-17)22-24-25-23(28(22)16-20-9-8-12-30-20)31-19(3)21(29)26-10-6-4-5-7-11-26/h8-9,12,17-19H,4-7,10-11,13-16H2,1-3H3. The number of anilines is 1. The molecule has 2 fully saturated rings. The van der Waals surface area contributed by atoms with E-state index < -0.39 is 0 Å². The van der Waals surface area contributed by atoms with Gasteiger partial charge in [-0.2, -0.15) is 0 Å². The number of amides is 1. The molecular formula is C23H35N5O2S. The van der Waals surface area contributed by atoms with Gasteiger partial charge in [-0.05, 0) is 50.2 Å². The van der Waals surface area contributed by atoms with Crippen LogP contribution in [0.4, 0.5) is 5.95 Å². The van der Waals surface area contributed by atoms with Crippen LogP contribution in [0.1, 0.15) is 58.6 Å². The van der Waals surface area contributed by atoms with Gasteiger partial charge < -0.3 is 14.2 Å². The summed E-state index contributed by atoms with van der Waals surface area (Å²) in [5, 5.41) is 9.71. The number of aromatic nitrogens is 3. The summed E-state index contributed by atoms with van der Waals surface area (Å²) in [6.07, 6.45) is 7.59. The van der Waals surface area contributed by atoms with Crippen molar-refractivity contribution in [3.8, 4) is 0 Å². The first-order chi connectivity index (χ1) is 15.0. The van der Waals surface area contributed by atoms with Crippen molar-refractivity contribution < 1.29 is 9.21 Å². The number of furan rings is 1. The molecule has 0 saturated carbocycles. The summed E-state index contributed by atoms with van der Waals surface area (Å²) in [6.45, 7) is 10.9. The first kappa shape index (κ1) is 22.2. The molecule has 0 aliphatic carbocycles. The van der Waals surface area contributed by atoms with Crippen LogP contribution in [0.5, 0.6) is 0 Å². The van der Waals surface area contributed by atoms with Crippen molar-refractivity contribution >= 4 is 23.6 Å². The molecule has 4 rings (SSSR count). The zero-order valence-electron chi connectivity index (χ0n) is 19.0. The second-order valence-electron chi connectivity index (χ2n) is 9.30. The second-order valence-corrected chi connectivity index (χ2v) is 10.6. The van der Waals surface area contributed by atoms with Crippen LogP contribution in [0.25, 0.3) is 0 Å². The van der Waals surface area contributed by atoms with E-state index in [4.69, 9.17) is 4.42 Å². The fourth-order valence-corrected chi connectivity index (χ4v) is 5.81. The number of rotatable bonds is 6. The molecule has 0 spiro atoms. The van der Waals surface area contributed by atoms with Gasteiger partial charge in [0.05, 0.1) is 18.1 Å². The molecule has 1 amide bonds. The molecule has 3 atom stereocenters. The molecule has 7 nitrogen and oxygen atoms in total. The monoisotopic (exact) mass is 445 g/mol. The number of piperidine rings is 1. The number of hydrogen-bond donors (Lipinski definition) is 0. The molecule has 0 N–H and O–H groups in total. The van der Waals surface area contributed by atoms with Gasteiger partial charge in [0.2, 0.25) is 11.9 Å². The highest BCUT2D eigenvalue weighted by Gasteiger charge is 2.29. The summed E-state index contributed by atoms with van der Waals surface area (Å²) >= 11 is 1.52. The van der Waals surface area contributed by atoms with Gasteiger partial charge >= 0.3 is 0 Å². The Morgan fingerprint density at radius 3 is 2.52 bits per heavy atom. The molecule has 0 bridgehead atoms. The lowest BCUT2D eigenvalue weighted by Gasteiger charge is -2.35. The van der Waals surface area contributed by atoms with Crippen molar-refractivity contribution in [1.29, 1.82) is 0 Å². The molecule has 3 unspecified atom stereocenters. The van der Waals surface area contributed by atoms with Gasteiger partial charge in [0.25, 0.3) is 0 Å². The Bertz CT molecular complexity index is 834. The summed E-state index contributed by atoms with van der Waals surface area (Å²) in [5.41, 5.74) is 0. The number of nitrogens with zero attached hydrogens (tertiary/aromatic N) is 5. The highest BCUT2D eigenvalue weighted by Crippen LogP contribution is 2.31. The van der Waals surface area contributed by atoms with E-state index in [-0.39, 0.29) is 11.2 Å². The van der Waals surface area contributed by atoms with Crippen LogP contribution < -0.4 is 4.90 Å². The van der Waals surface area contributed by atoms with Gasteiger partial charge in [0.15, 0.2) is 5.16 Å². The van der Waals surface area contributed by atoms with Crippen molar-refractivity contribution in [2.24, 2.45) is 11.8 Å². The van der Waals surface area contributed by atoms with Gasteiger partial charge in [-0.1, -0.05) is 38.5 Å². The smallest absolute Gasteiger partial charge is 0.235 e. The fraction of sp³-hybridized carbons (Fsp3) is 0.696. The molecule has 2 aromatic heterocycles. The molecule has 2 saturated heterocycles. The average molecular weight is 446 g/mol. The van der Waals surface area contributed by atoms with Gasteiger partial charge in [-0.25, -0.2) is 0 Å². The third-order valence-electron chi connectivity index (χ3n) is 6.29. The summed E-state index contributed by atoms with van der Waals surface area (Å²) < 4.78 is 7.75. The molecule has 8 heteroatoms. The maximum Gasteiger partial charge on any atom is 0.235 e. The lowest BCUT2D eigenvalue weighted by Crippen LogP contribution is -2.40. The maximum atomic E-state index is 13.1. The third kappa shape index (κ3) is 5.45. The van der Waals surface area contributed by atoms with Crippen LogP contribution in [-0.4, -0.2) is 57.0 Å². The number of hydrogen-bond acceptors (Lipinski definition) is 6. The van der Waals surface area contributed by atoms with Crippen molar-refractivity contribution in [2.75, 3.05) is 31.1 Å². The Labute approximate surface area is 189 Å². The number of carbonyl (C=O) groups excluding carboxylic acids is 1. The number of carbonyl (C=O) groups is 1.